The second-order valence-electron chi connectivity index (χ2n) is 2.26. The van der Waals surface area contributed by atoms with E-state index in [4.69, 9.17) is 16.9 Å². The molecular formula is C6H2BClF3N2-. The molecule has 0 aliphatic rings. The van der Waals surface area contributed by atoms with Crippen LogP contribution in [0, 0.1) is 11.3 Å². The zero-order chi connectivity index (χ0) is 10.1. The summed E-state index contributed by atoms with van der Waals surface area (Å²) in [6.45, 7) is -5.15. The molecule has 7 heteroatoms. The van der Waals surface area contributed by atoms with Crippen LogP contribution in [0.1, 0.15) is 5.69 Å². The Morgan fingerprint density at radius 2 is 2.00 bits per heavy atom. The van der Waals surface area contributed by atoms with Gasteiger partial charge in [0.05, 0.1) is 0 Å². The molecule has 2 nitrogen and oxygen atoms in total. The van der Waals surface area contributed by atoms with Crippen molar-refractivity contribution in [1.82, 2.24) is 4.98 Å². The highest BCUT2D eigenvalue weighted by atomic mass is 35.5. The first kappa shape index (κ1) is 9.87. The number of aromatic nitrogens is 1. The molecular weight excluding hydrogens is 203 g/mol. The van der Waals surface area contributed by atoms with Crippen molar-refractivity contribution in [2.75, 3.05) is 0 Å². The normalized spacial score (nSPS) is 11.0. The zero-order valence-corrected chi connectivity index (χ0v) is 6.89. The summed E-state index contributed by atoms with van der Waals surface area (Å²) in [6, 6.07) is 3.33. The number of hydrogen-bond acceptors (Lipinski definition) is 2. The van der Waals surface area contributed by atoms with Crippen LogP contribution in [0.5, 0.6) is 0 Å². The quantitative estimate of drug-likeness (QED) is 0.516. The molecule has 1 rings (SSSR count). The SMILES string of the molecule is N#Cc1ccc([B-](F)(F)F)c(Cl)n1. The summed E-state index contributed by atoms with van der Waals surface area (Å²) in [7, 11) is 0. The molecule has 13 heavy (non-hydrogen) atoms. The predicted octanol–water partition coefficient (Wildman–Crippen LogP) is 1.66. The molecule has 0 amide bonds. The second kappa shape index (κ2) is 3.26. The van der Waals surface area contributed by atoms with Crippen LogP contribution in [0.4, 0.5) is 12.9 Å². The lowest BCUT2D eigenvalue weighted by molar-refractivity contribution is 0.501. The van der Waals surface area contributed by atoms with Crippen LogP contribution in [-0.2, 0) is 0 Å². The van der Waals surface area contributed by atoms with E-state index >= 15 is 0 Å². The summed E-state index contributed by atoms with van der Waals surface area (Å²) in [5.74, 6) is 0. The zero-order valence-electron chi connectivity index (χ0n) is 6.14. The Balaban J connectivity index is 3.23. The van der Waals surface area contributed by atoms with Gasteiger partial charge >= 0.3 is 6.98 Å². The summed E-state index contributed by atoms with van der Waals surface area (Å²) in [6.07, 6.45) is 0. The van der Waals surface area contributed by atoms with Gasteiger partial charge in [0.2, 0.25) is 0 Å². The second-order valence-corrected chi connectivity index (χ2v) is 2.62. The lowest BCUT2D eigenvalue weighted by atomic mass is 9.81. The van der Waals surface area contributed by atoms with Gasteiger partial charge < -0.3 is 12.9 Å². The number of nitrogens with zero attached hydrogens (tertiary/aromatic N) is 2. The third-order valence-electron chi connectivity index (χ3n) is 1.34. The van der Waals surface area contributed by atoms with Crippen LogP contribution in [-0.4, -0.2) is 12.0 Å². The molecule has 1 aromatic heterocycles. The number of pyridine rings is 1. The van der Waals surface area contributed by atoms with Crippen molar-refractivity contribution < 1.29 is 12.9 Å². The maximum Gasteiger partial charge on any atom is 0.512 e. The lowest BCUT2D eigenvalue weighted by Gasteiger charge is -2.15. The Labute approximate surface area is 77.0 Å². The van der Waals surface area contributed by atoms with Crippen molar-refractivity contribution in [2.24, 2.45) is 0 Å². The number of halogens is 4. The Bertz CT molecular complexity index is 371. The third-order valence-corrected chi connectivity index (χ3v) is 1.65. The van der Waals surface area contributed by atoms with Gasteiger partial charge in [-0.05, 0) is 6.07 Å². The third kappa shape index (κ3) is 2.13. The largest absolute Gasteiger partial charge is 0.512 e. The van der Waals surface area contributed by atoms with E-state index in [9.17, 15) is 12.9 Å². The van der Waals surface area contributed by atoms with Crippen LogP contribution < -0.4 is 5.46 Å². The van der Waals surface area contributed by atoms with Gasteiger partial charge in [-0.15, -0.1) is 0 Å². The fraction of sp³-hybridized carbons (Fsp3) is 0. The predicted molar refractivity (Wildman–Crippen MR) is 42.7 cm³/mol. The highest BCUT2D eigenvalue weighted by Gasteiger charge is 2.28. The molecule has 0 N–H and O–H groups in total. The maximum absolute atomic E-state index is 12.1. The fourth-order valence-corrected chi connectivity index (χ4v) is 1.03. The molecule has 0 aliphatic carbocycles. The molecule has 0 spiro atoms. The van der Waals surface area contributed by atoms with Crippen molar-refractivity contribution in [1.29, 1.82) is 5.26 Å². The minimum absolute atomic E-state index is 0.131. The average molecular weight is 205 g/mol. The standard InChI is InChI=1S/C6H2BClF3N2/c8-6-5(7(9,10)11)2-1-4(3-12)13-6/h1-2H/q-1. The summed E-state index contributed by atoms with van der Waals surface area (Å²) in [4.78, 5) is 3.26. The molecule has 0 fully saturated rings. The van der Waals surface area contributed by atoms with Gasteiger partial charge in [-0.25, -0.2) is 4.98 Å². The summed E-state index contributed by atoms with van der Waals surface area (Å²) in [5.41, 5.74) is -1.10. The first-order valence-electron chi connectivity index (χ1n) is 3.21. The van der Waals surface area contributed by atoms with Gasteiger partial charge in [-0.1, -0.05) is 23.1 Å². The Kier molecular flexibility index (Phi) is 2.48. The lowest BCUT2D eigenvalue weighted by Crippen LogP contribution is -2.35. The van der Waals surface area contributed by atoms with Gasteiger partial charge in [0.25, 0.3) is 0 Å². The van der Waals surface area contributed by atoms with Crippen molar-refractivity contribution in [3.63, 3.8) is 0 Å². The topological polar surface area (TPSA) is 36.7 Å². The highest BCUT2D eigenvalue weighted by molar-refractivity contribution is 6.75. The molecule has 0 saturated heterocycles. The van der Waals surface area contributed by atoms with Crippen LogP contribution in [0.2, 0.25) is 5.15 Å². The van der Waals surface area contributed by atoms with E-state index < -0.39 is 17.6 Å². The summed E-state index contributed by atoms with van der Waals surface area (Å²) < 4.78 is 36.4. The first-order chi connectivity index (χ1) is 5.95. The monoisotopic (exact) mass is 205 g/mol. The minimum Gasteiger partial charge on any atom is -0.445 e. The van der Waals surface area contributed by atoms with E-state index in [0.29, 0.717) is 0 Å². The smallest absolute Gasteiger partial charge is 0.445 e. The van der Waals surface area contributed by atoms with E-state index in [1.165, 1.54) is 0 Å². The van der Waals surface area contributed by atoms with Crippen LogP contribution >= 0.6 is 11.6 Å². The maximum atomic E-state index is 12.1. The molecule has 0 unspecified atom stereocenters. The van der Waals surface area contributed by atoms with E-state index in [1.54, 1.807) is 6.07 Å². The van der Waals surface area contributed by atoms with E-state index in [2.05, 4.69) is 4.98 Å². The molecule has 0 aromatic carbocycles. The van der Waals surface area contributed by atoms with Crippen LogP contribution in [0.15, 0.2) is 12.1 Å². The molecule has 0 bridgehead atoms. The Hall–Kier alpha value is -1.22. The Morgan fingerprint density at radius 3 is 2.38 bits per heavy atom. The van der Waals surface area contributed by atoms with Gasteiger partial charge in [0.15, 0.2) is 0 Å². The molecule has 68 valence electrons. The molecule has 1 heterocycles. The van der Waals surface area contributed by atoms with Gasteiger partial charge in [0.1, 0.15) is 16.9 Å². The van der Waals surface area contributed by atoms with Crippen molar-refractivity contribution >= 4 is 24.0 Å². The fourth-order valence-electron chi connectivity index (χ4n) is 0.751. The van der Waals surface area contributed by atoms with Gasteiger partial charge in [0, 0.05) is 0 Å². The van der Waals surface area contributed by atoms with Crippen molar-refractivity contribution in [3.05, 3.63) is 23.0 Å². The Morgan fingerprint density at radius 1 is 1.38 bits per heavy atom. The average Bonchev–Trinajstić information content (AvgIpc) is 2.01. The van der Waals surface area contributed by atoms with Gasteiger partial charge in [-0.2, -0.15) is 5.26 Å². The number of nitriles is 1. The minimum atomic E-state index is -5.15. The van der Waals surface area contributed by atoms with E-state index in [1.807, 2.05) is 0 Å². The molecule has 0 aliphatic heterocycles. The highest BCUT2D eigenvalue weighted by Crippen LogP contribution is 2.14. The summed E-state index contributed by atoms with van der Waals surface area (Å²) in [5, 5.41) is 7.63. The number of rotatable bonds is 1. The van der Waals surface area contributed by atoms with Gasteiger partial charge in [-0.3, -0.25) is 0 Å². The van der Waals surface area contributed by atoms with E-state index in [0.717, 1.165) is 12.1 Å². The van der Waals surface area contributed by atoms with Crippen molar-refractivity contribution in [2.45, 2.75) is 0 Å². The molecule has 0 radical (unpaired) electrons. The van der Waals surface area contributed by atoms with Crippen molar-refractivity contribution in [3.8, 4) is 6.07 Å². The van der Waals surface area contributed by atoms with E-state index in [-0.39, 0.29) is 5.69 Å². The molecule has 1 aromatic rings. The number of hydrogen-bond donors (Lipinski definition) is 0. The first-order valence-corrected chi connectivity index (χ1v) is 3.59. The molecule has 0 atom stereocenters. The molecule has 0 saturated carbocycles. The van der Waals surface area contributed by atoms with Crippen LogP contribution in [0.25, 0.3) is 0 Å². The summed E-state index contributed by atoms with van der Waals surface area (Å²) >= 11 is 5.23. The van der Waals surface area contributed by atoms with Crippen LogP contribution in [0.3, 0.4) is 0 Å².